The molecule has 3 rings (SSSR count). The Morgan fingerprint density at radius 3 is 2.70 bits per heavy atom. The molecule has 1 aromatic carbocycles. The van der Waals surface area contributed by atoms with Gasteiger partial charge in [-0.25, -0.2) is 4.98 Å². The van der Waals surface area contributed by atoms with E-state index in [0.29, 0.717) is 26.2 Å². The van der Waals surface area contributed by atoms with E-state index in [2.05, 4.69) is 31.2 Å². The van der Waals surface area contributed by atoms with Crippen molar-refractivity contribution < 1.29 is 14.3 Å². The van der Waals surface area contributed by atoms with E-state index in [1.165, 1.54) is 5.56 Å². The second-order valence-electron chi connectivity index (χ2n) is 7.06. The van der Waals surface area contributed by atoms with Crippen LogP contribution in [-0.2, 0) is 20.7 Å². The highest BCUT2D eigenvalue weighted by Gasteiger charge is 2.33. The summed E-state index contributed by atoms with van der Waals surface area (Å²) in [7, 11) is 1.67. The van der Waals surface area contributed by atoms with Gasteiger partial charge in [0, 0.05) is 30.7 Å². The molecular formula is C21H28N2O3S. The third kappa shape index (κ3) is 4.75. The first-order valence-corrected chi connectivity index (χ1v) is 10.2. The smallest absolute Gasteiger partial charge is 0.228 e. The molecule has 27 heavy (non-hydrogen) atoms. The zero-order chi connectivity index (χ0) is 19.4. The van der Waals surface area contributed by atoms with Crippen LogP contribution in [0.3, 0.4) is 0 Å². The maximum absolute atomic E-state index is 13.2. The number of carbonyl (C=O) groups excluding carboxylic acids is 1. The maximum atomic E-state index is 13.2. The van der Waals surface area contributed by atoms with Crippen LogP contribution in [0.2, 0.25) is 0 Å². The molecule has 6 heteroatoms. The fourth-order valence-corrected chi connectivity index (χ4v) is 4.51. The lowest BCUT2D eigenvalue weighted by molar-refractivity contribution is -0.134. The number of amides is 1. The molecule has 1 saturated heterocycles. The van der Waals surface area contributed by atoms with E-state index >= 15 is 0 Å². The van der Waals surface area contributed by atoms with E-state index in [9.17, 15) is 4.79 Å². The van der Waals surface area contributed by atoms with Crippen LogP contribution in [0.25, 0.3) is 11.3 Å². The number of carbonyl (C=O) groups is 1. The molecule has 0 spiro atoms. The molecule has 2 aromatic rings. The molecule has 2 atom stereocenters. The van der Waals surface area contributed by atoms with Crippen molar-refractivity contribution in [3.8, 4) is 11.3 Å². The monoisotopic (exact) mass is 388 g/mol. The summed E-state index contributed by atoms with van der Waals surface area (Å²) in [6.07, 6.45) is 1.30. The van der Waals surface area contributed by atoms with Gasteiger partial charge in [-0.1, -0.05) is 29.8 Å². The number of methoxy groups -OCH3 is 1. The minimum atomic E-state index is 0.0607. The van der Waals surface area contributed by atoms with Gasteiger partial charge in [0.1, 0.15) is 0 Å². The van der Waals surface area contributed by atoms with Crippen molar-refractivity contribution in [3.63, 3.8) is 0 Å². The van der Waals surface area contributed by atoms with Crippen LogP contribution >= 0.6 is 11.3 Å². The molecular weight excluding hydrogens is 360 g/mol. The second-order valence-corrected chi connectivity index (χ2v) is 8.35. The predicted molar refractivity (Wildman–Crippen MR) is 108 cm³/mol. The third-order valence-corrected chi connectivity index (χ3v) is 6.01. The molecule has 1 aromatic heterocycles. The average Bonchev–Trinajstić information content (AvgIpc) is 3.22. The van der Waals surface area contributed by atoms with Crippen molar-refractivity contribution >= 4 is 17.2 Å². The Labute approximate surface area is 165 Å². The van der Waals surface area contributed by atoms with Crippen molar-refractivity contribution in [2.45, 2.75) is 45.8 Å². The molecule has 0 N–H and O–H groups in total. The highest BCUT2D eigenvalue weighted by atomic mass is 32.1. The van der Waals surface area contributed by atoms with Gasteiger partial charge in [-0.15, -0.1) is 11.3 Å². The summed E-state index contributed by atoms with van der Waals surface area (Å²) in [4.78, 5) is 20.9. The fourth-order valence-electron chi connectivity index (χ4n) is 3.56. The van der Waals surface area contributed by atoms with E-state index in [-0.39, 0.29) is 18.1 Å². The van der Waals surface area contributed by atoms with E-state index < -0.39 is 0 Å². The molecule has 5 nitrogen and oxygen atoms in total. The second kappa shape index (κ2) is 8.95. The lowest BCUT2D eigenvalue weighted by Gasteiger charge is -2.30. The molecule has 2 heterocycles. The minimum absolute atomic E-state index is 0.0607. The van der Waals surface area contributed by atoms with Gasteiger partial charge in [0.15, 0.2) is 0 Å². The first-order valence-electron chi connectivity index (χ1n) is 9.43. The summed E-state index contributed by atoms with van der Waals surface area (Å²) < 4.78 is 10.9. The van der Waals surface area contributed by atoms with Crippen LogP contribution in [0.5, 0.6) is 0 Å². The van der Waals surface area contributed by atoms with Crippen molar-refractivity contribution in [1.82, 2.24) is 9.88 Å². The summed E-state index contributed by atoms with van der Waals surface area (Å²) >= 11 is 1.61. The van der Waals surface area contributed by atoms with E-state index in [1.807, 2.05) is 18.7 Å². The number of rotatable bonds is 7. The van der Waals surface area contributed by atoms with Gasteiger partial charge in [0.05, 0.1) is 35.9 Å². The molecule has 1 fully saturated rings. The van der Waals surface area contributed by atoms with E-state index in [0.717, 1.165) is 27.6 Å². The Kier molecular flexibility index (Phi) is 6.63. The van der Waals surface area contributed by atoms with Crippen LogP contribution in [0.1, 0.15) is 28.8 Å². The highest BCUT2D eigenvalue weighted by molar-refractivity contribution is 7.12. The van der Waals surface area contributed by atoms with Gasteiger partial charge in [-0.3, -0.25) is 4.79 Å². The SMILES string of the molecule is COCCN(C(=O)Cc1sc(C)nc1-c1ccc(C)cc1)[C@@H]1CCO[C@@H]1C. The van der Waals surface area contributed by atoms with Crippen molar-refractivity contribution in [2.75, 3.05) is 26.9 Å². The lowest BCUT2D eigenvalue weighted by atomic mass is 10.1. The summed E-state index contributed by atoms with van der Waals surface area (Å²) in [6.45, 7) is 7.92. The zero-order valence-electron chi connectivity index (χ0n) is 16.5. The summed E-state index contributed by atoms with van der Waals surface area (Å²) in [5, 5.41) is 0.981. The van der Waals surface area contributed by atoms with Crippen LogP contribution in [0.4, 0.5) is 0 Å². The van der Waals surface area contributed by atoms with Crippen molar-refractivity contribution in [3.05, 3.63) is 39.7 Å². The number of hydrogen-bond donors (Lipinski definition) is 0. The van der Waals surface area contributed by atoms with E-state index in [1.54, 1.807) is 18.4 Å². The van der Waals surface area contributed by atoms with Gasteiger partial charge in [0.25, 0.3) is 0 Å². The predicted octanol–water partition coefficient (Wildman–Crippen LogP) is 3.62. The molecule has 0 unspecified atom stereocenters. The Bertz CT molecular complexity index is 772. The Morgan fingerprint density at radius 1 is 1.33 bits per heavy atom. The summed E-state index contributed by atoms with van der Waals surface area (Å²) in [5.74, 6) is 0.117. The minimum Gasteiger partial charge on any atom is -0.383 e. The normalized spacial score (nSPS) is 19.4. The summed E-state index contributed by atoms with van der Waals surface area (Å²) in [6, 6.07) is 8.43. The number of aromatic nitrogens is 1. The lowest BCUT2D eigenvalue weighted by Crippen LogP contribution is -2.46. The van der Waals surface area contributed by atoms with Gasteiger partial charge >= 0.3 is 0 Å². The first kappa shape index (κ1) is 20.0. The first-order chi connectivity index (χ1) is 13.0. The van der Waals surface area contributed by atoms with Gasteiger partial charge in [-0.2, -0.15) is 0 Å². The van der Waals surface area contributed by atoms with Crippen LogP contribution in [0, 0.1) is 13.8 Å². The van der Waals surface area contributed by atoms with Gasteiger partial charge < -0.3 is 14.4 Å². The highest BCUT2D eigenvalue weighted by Crippen LogP contribution is 2.30. The molecule has 0 radical (unpaired) electrons. The summed E-state index contributed by atoms with van der Waals surface area (Å²) in [5.41, 5.74) is 3.20. The van der Waals surface area contributed by atoms with Crippen LogP contribution in [-0.4, -0.2) is 54.8 Å². The molecule has 1 amide bonds. The quantitative estimate of drug-likeness (QED) is 0.727. The Balaban J connectivity index is 1.82. The van der Waals surface area contributed by atoms with Crippen LogP contribution in [0.15, 0.2) is 24.3 Å². The zero-order valence-corrected chi connectivity index (χ0v) is 17.3. The number of aryl methyl sites for hydroxylation is 2. The Morgan fingerprint density at radius 2 is 2.07 bits per heavy atom. The molecule has 0 bridgehead atoms. The van der Waals surface area contributed by atoms with Crippen molar-refractivity contribution in [2.24, 2.45) is 0 Å². The standard InChI is InChI=1S/C21H28N2O3S/c1-14-5-7-17(8-6-14)21-19(27-16(3)22-21)13-20(24)23(10-12-25-4)18-9-11-26-15(18)2/h5-8,15,18H,9-13H2,1-4H3/t15-,18-/m1/s1. The number of ether oxygens (including phenoxy) is 2. The number of hydrogen-bond acceptors (Lipinski definition) is 5. The molecule has 146 valence electrons. The molecule has 0 saturated carbocycles. The third-order valence-electron chi connectivity index (χ3n) is 5.03. The number of benzene rings is 1. The van der Waals surface area contributed by atoms with Gasteiger partial charge in [0.2, 0.25) is 5.91 Å². The maximum Gasteiger partial charge on any atom is 0.228 e. The topological polar surface area (TPSA) is 51.7 Å². The largest absolute Gasteiger partial charge is 0.383 e. The van der Waals surface area contributed by atoms with Crippen molar-refractivity contribution in [1.29, 1.82) is 0 Å². The fraction of sp³-hybridized carbons (Fsp3) is 0.524. The average molecular weight is 389 g/mol. The van der Waals surface area contributed by atoms with Gasteiger partial charge in [-0.05, 0) is 27.2 Å². The van der Waals surface area contributed by atoms with Crippen LogP contribution < -0.4 is 0 Å². The Hall–Kier alpha value is -1.76. The molecule has 1 aliphatic rings. The number of thiazole rings is 1. The number of nitrogens with zero attached hydrogens (tertiary/aromatic N) is 2. The molecule has 0 aliphatic carbocycles. The molecule has 1 aliphatic heterocycles. The van der Waals surface area contributed by atoms with E-state index in [4.69, 9.17) is 14.5 Å².